The molecule has 0 bridgehead atoms. The second kappa shape index (κ2) is 5.79. The lowest BCUT2D eigenvalue weighted by Crippen LogP contribution is -1.99. The number of methoxy groups -OCH3 is 1. The summed E-state index contributed by atoms with van der Waals surface area (Å²) in [5.74, 6) is 2.08. The van der Waals surface area contributed by atoms with Gasteiger partial charge in [-0.3, -0.25) is 0 Å². The molecule has 21 heavy (non-hydrogen) atoms. The average molecular weight is 280 g/mol. The largest absolute Gasteiger partial charge is 0.497 e. The van der Waals surface area contributed by atoms with Crippen molar-refractivity contribution in [1.29, 1.82) is 0 Å². The van der Waals surface area contributed by atoms with Crippen molar-refractivity contribution in [3.05, 3.63) is 48.5 Å². The maximum atomic E-state index is 5.65. The number of nitrogens with zero attached hydrogens (tertiary/aromatic N) is 2. The van der Waals surface area contributed by atoms with E-state index in [1.54, 1.807) is 7.11 Å². The minimum Gasteiger partial charge on any atom is -0.497 e. The molecular weight excluding hydrogens is 264 g/mol. The molecule has 0 saturated heterocycles. The van der Waals surface area contributed by atoms with E-state index in [1.807, 2.05) is 55.5 Å². The van der Waals surface area contributed by atoms with E-state index in [1.165, 1.54) is 0 Å². The molecule has 4 heteroatoms. The molecule has 4 nitrogen and oxygen atoms in total. The van der Waals surface area contributed by atoms with Crippen LogP contribution in [0.1, 0.15) is 6.92 Å². The molecule has 0 atom stereocenters. The standard InChI is InChI=1S/C17H16N2O2/c1-3-21-17-14-6-4-5-7-15(14)18-16(19-17)12-8-10-13(20-2)11-9-12/h4-11H,3H2,1-2H3. The van der Waals surface area contributed by atoms with Gasteiger partial charge in [-0.05, 0) is 43.3 Å². The zero-order valence-electron chi connectivity index (χ0n) is 12.0. The fraction of sp³-hybridized carbons (Fsp3) is 0.176. The highest BCUT2D eigenvalue weighted by atomic mass is 16.5. The Morgan fingerprint density at radius 1 is 0.952 bits per heavy atom. The van der Waals surface area contributed by atoms with Crippen molar-refractivity contribution in [2.24, 2.45) is 0 Å². The van der Waals surface area contributed by atoms with Crippen LogP contribution in [-0.2, 0) is 0 Å². The number of ether oxygens (including phenoxy) is 2. The molecule has 2 aromatic carbocycles. The number of fused-ring (bicyclic) bond motifs is 1. The van der Waals surface area contributed by atoms with Crippen LogP contribution in [0.5, 0.6) is 11.6 Å². The highest BCUT2D eigenvalue weighted by Gasteiger charge is 2.10. The molecule has 0 amide bonds. The summed E-state index contributed by atoms with van der Waals surface area (Å²) < 4.78 is 10.8. The van der Waals surface area contributed by atoms with Crippen LogP contribution in [0.25, 0.3) is 22.3 Å². The monoisotopic (exact) mass is 280 g/mol. The molecule has 106 valence electrons. The smallest absolute Gasteiger partial charge is 0.225 e. The SMILES string of the molecule is CCOc1nc(-c2ccc(OC)cc2)nc2ccccc12. The van der Waals surface area contributed by atoms with E-state index in [0.717, 1.165) is 22.2 Å². The summed E-state index contributed by atoms with van der Waals surface area (Å²) in [7, 11) is 1.65. The van der Waals surface area contributed by atoms with Crippen molar-refractivity contribution in [3.63, 3.8) is 0 Å². The first-order chi connectivity index (χ1) is 10.3. The second-order valence-corrected chi connectivity index (χ2v) is 4.53. The summed E-state index contributed by atoms with van der Waals surface area (Å²) in [5.41, 5.74) is 1.81. The zero-order chi connectivity index (χ0) is 14.7. The van der Waals surface area contributed by atoms with Gasteiger partial charge in [0.2, 0.25) is 5.88 Å². The van der Waals surface area contributed by atoms with E-state index in [4.69, 9.17) is 9.47 Å². The molecule has 1 heterocycles. The van der Waals surface area contributed by atoms with Crippen LogP contribution in [0.15, 0.2) is 48.5 Å². The Bertz CT molecular complexity index is 754. The molecule has 0 aliphatic rings. The first-order valence-corrected chi connectivity index (χ1v) is 6.86. The number of hydrogen-bond donors (Lipinski definition) is 0. The fourth-order valence-corrected chi connectivity index (χ4v) is 2.16. The topological polar surface area (TPSA) is 44.2 Å². The predicted octanol–water partition coefficient (Wildman–Crippen LogP) is 3.70. The van der Waals surface area contributed by atoms with Crippen LogP contribution in [0.2, 0.25) is 0 Å². The number of hydrogen-bond acceptors (Lipinski definition) is 4. The third-order valence-corrected chi connectivity index (χ3v) is 3.20. The molecular formula is C17H16N2O2. The number of benzene rings is 2. The minimum absolute atomic E-state index is 0.572. The van der Waals surface area contributed by atoms with Crippen molar-refractivity contribution >= 4 is 10.9 Å². The molecule has 0 radical (unpaired) electrons. The molecule has 0 aliphatic heterocycles. The van der Waals surface area contributed by atoms with Crippen molar-refractivity contribution in [3.8, 4) is 23.0 Å². The van der Waals surface area contributed by atoms with Crippen LogP contribution in [0, 0.1) is 0 Å². The van der Waals surface area contributed by atoms with E-state index in [9.17, 15) is 0 Å². The van der Waals surface area contributed by atoms with E-state index in [2.05, 4.69) is 9.97 Å². The van der Waals surface area contributed by atoms with Gasteiger partial charge in [0.05, 0.1) is 24.6 Å². The molecule has 0 fully saturated rings. The van der Waals surface area contributed by atoms with Crippen LogP contribution in [-0.4, -0.2) is 23.7 Å². The molecule has 0 unspecified atom stereocenters. The summed E-state index contributed by atoms with van der Waals surface area (Å²) in [4.78, 5) is 9.15. The third kappa shape index (κ3) is 2.65. The third-order valence-electron chi connectivity index (χ3n) is 3.20. The second-order valence-electron chi connectivity index (χ2n) is 4.53. The summed E-state index contributed by atoms with van der Waals surface area (Å²) in [5, 5.41) is 0.927. The summed E-state index contributed by atoms with van der Waals surface area (Å²) in [6, 6.07) is 15.5. The van der Waals surface area contributed by atoms with Gasteiger partial charge in [-0.25, -0.2) is 4.98 Å². The molecule has 0 spiro atoms. The van der Waals surface area contributed by atoms with Crippen LogP contribution in [0.3, 0.4) is 0 Å². The Labute approximate surface area is 123 Å². The Balaban J connectivity index is 2.13. The van der Waals surface area contributed by atoms with Gasteiger partial charge >= 0.3 is 0 Å². The maximum absolute atomic E-state index is 5.65. The first kappa shape index (κ1) is 13.4. The Morgan fingerprint density at radius 2 is 1.71 bits per heavy atom. The van der Waals surface area contributed by atoms with Gasteiger partial charge in [0.15, 0.2) is 5.82 Å². The predicted molar refractivity (Wildman–Crippen MR) is 82.7 cm³/mol. The highest BCUT2D eigenvalue weighted by Crippen LogP contribution is 2.27. The quantitative estimate of drug-likeness (QED) is 0.731. The van der Waals surface area contributed by atoms with Crippen molar-refractivity contribution in [2.75, 3.05) is 13.7 Å². The Morgan fingerprint density at radius 3 is 2.43 bits per heavy atom. The normalized spacial score (nSPS) is 10.6. The Kier molecular flexibility index (Phi) is 3.69. The zero-order valence-corrected chi connectivity index (χ0v) is 12.0. The molecule has 0 saturated carbocycles. The van der Waals surface area contributed by atoms with Gasteiger partial charge in [0, 0.05) is 5.56 Å². The number of rotatable bonds is 4. The van der Waals surface area contributed by atoms with Gasteiger partial charge in [-0.1, -0.05) is 12.1 Å². The van der Waals surface area contributed by atoms with Gasteiger partial charge < -0.3 is 9.47 Å². The molecule has 0 aliphatic carbocycles. The minimum atomic E-state index is 0.572. The molecule has 0 N–H and O–H groups in total. The van der Waals surface area contributed by atoms with Gasteiger partial charge in [-0.15, -0.1) is 0 Å². The highest BCUT2D eigenvalue weighted by molar-refractivity contribution is 5.85. The lowest BCUT2D eigenvalue weighted by Gasteiger charge is -2.09. The van der Waals surface area contributed by atoms with E-state index in [0.29, 0.717) is 18.3 Å². The van der Waals surface area contributed by atoms with E-state index >= 15 is 0 Å². The maximum Gasteiger partial charge on any atom is 0.225 e. The summed E-state index contributed by atoms with van der Waals surface area (Å²) in [6.45, 7) is 2.52. The van der Waals surface area contributed by atoms with Gasteiger partial charge in [0.25, 0.3) is 0 Å². The van der Waals surface area contributed by atoms with Crippen LogP contribution >= 0.6 is 0 Å². The van der Waals surface area contributed by atoms with Crippen molar-refractivity contribution in [2.45, 2.75) is 6.92 Å². The van der Waals surface area contributed by atoms with Gasteiger partial charge in [-0.2, -0.15) is 4.98 Å². The van der Waals surface area contributed by atoms with Crippen LogP contribution in [0.4, 0.5) is 0 Å². The number of para-hydroxylation sites is 1. The first-order valence-electron chi connectivity index (χ1n) is 6.86. The molecule has 1 aromatic heterocycles. The van der Waals surface area contributed by atoms with Crippen molar-refractivity contribution in [1.82, 2.24) is 9.97 Å². The summed E-state index contributed by atoms with van der Waals surface area (Å²) in [6.07, 6.45) is 0. The number of aromatic nitrogens is 2. The Hall–Kier alpha value is -2.62. The molecule has 3 rings (SSSR count). The summed E-state index contributed by atoms with van der Waals surface area (Å²) >= 11 is 0. The average Bonchev–Trinajstić information content (AvgIpc) is 2.55. The van der Waals surface area contributed by atoms with Crippen LogP contribution < -0.4 is 9.47 Å². The molecule has 3 aromatic rings. The van der Waals surface area contributed by atoms with E-state index in [-0.39, 0.29) is 0 Å². The van der Waals surface area contributed by atoms with Gasteiger partial charge in [0.1, 0.15) is 5.75 Å². The van der Waals surface area contributed by atoms with E-state index < -0.39 is 0 Å². The fourth-order valence-electron chi connectivity index (χ4n) is 2.16. The lowest BCUT2D eigenvalue weighted by atomic mass is 10.2. The van der Waals surface area contributed by atoms with Crippen molar-refractivity contribution < 1.29 is 9.47 Å². The lowest BCUT2D eigenvalue weighted by molar-refractivity contribution is 0.331.